The minimum atomic E-state index is -0.639. The van der Waals surface area contributed by atoms with Crippen molar-refractivity contribution >= 4 is 23.4 Å². The SMILES string of the molecule is CCCSc1n[n+]2c(c(=O)[nH]1)-c1ccccc1N(C(C)=O)[C@H]2c1ccc2c(c1)OCO2. The fourth-order valence-electron chi connectivity index (χ4n) is 3.95. The lowest BCUT2D eigenvalue weighted by Crippen LogP contribution is -2.60. The molecule has 1 amide bonds. The molecule has 0 fully saturated rings. The third-order valence-corrected chi connectivity index (χ3v) is 6.30. The zero-order valence-corrected chi connectivity index (χ0v) is 17.9. The number of para-hydroxylation sites is 1. The Hall–Kier alpha value is -3.33. The molecule has 9 heteroatoms. The van der Waals surface area contributed by atoms with Crippen molar-refractivity contribution in [3.63, 3.8) is 0 Å². The summed E-state index contributed by atoms with van der Waals surface area (Å²) in [5.41, 5.74) is 2.27. The predicted molar refractivity (Wildman–Crippen MR) is 115 cm³/mol. The molecule has 0 radical (unpaired) electrons. The summed E-state index contributed by atoms with van der Waals surface area (Å²) in [6, 6.07) is 12.9. The third-order valence-electron chi connectivity index (χ3n) is 5.24. The molecule has 1 aromatic heterocycles. The van der Waals surface area contributed by atoms with Gasteiger partial charge in [0, 0.05) is 23.3 Å². The minimum Gasteiger partial charge on any atom is -0.454 e. The number of anilines is 1. The number of aromatic nitrogens is 3. The van der Waals surface area contributed by atoms with E-state index in [9.17, 15) is 9.59 Å². The van der Waals surface area contributed by atoms with Crippen molar-refractivity contribution < 1.29 is 19.0 Å². The van der Waals surface area contributed by atoms with Gasteiger partial charge in [0.2, 0.25) is 17.9 Å². The van der Waals surface area contributed by atoms with Gasteiger partial charge >= 0.3 is 11.3 Å². The molecule has 8 nitrogen and oxygen atoms in total. The molecule has 3 heterocycles. The quantitative estimate of drug-likeness (QED) is 0.499. The highest BCUT2D eigenvalue weighted by molar-refractivity contribution is 7.99. The standard InChI is InChI=1S/C22H20N4O4S/c1-3-10-31-22-23-20(28)19-15-6-4-5-7-16(15)25(13(2)27)21(26(19)24-22)14-8-9-17-18(11-14)30-12-29-17/h4-9,11,21H,3,10,12H2,1-2H3/p+1/t21-/m1/s1. The van der Waals surface area contributed by atoms with Gasteiger partial charge in [-0.1, -0.05) is 30.8 Å². The second kappa shape index (κ2) is 7.73. The molecule has 5 rings (SSSR count). The Morgan fingerprint density at radius 2 is 2.06 bits per heavy atom. The van der Waals surface area contributed by atoms with Gasteiger partial charge in [-0.2, -0.15) is 0 Å². The first-order valence-corrected chi connectivity index (χ1v) is 11.0. The molecule has 1 atom stereocenters. The van der Waals surface area contributed by atoms with Crippen molar-refractivity contribution in [3.8, 4) is 22.8 Å². The van der Waals surface area contributed by atoms with Gasteiger partial charge in [0.1, 0.15) is 0 Å². The molecule has 2 aliphatic heterocycles. The van der Waals surface area contributed by atoms with Gasteiger partial charge in [-0.05, 0) is 41.4 Å². The molecule has 2 aliphatic rings. The lowest BCUT2D eigenvalue weighted by molar-refractivity contribution is -0.763. The fourth-order valence-corrected chi connectivity index (χ4v) is 4.66. The molecule has 0 spiro atoms. The molecule has 3 aromatic rings. The van der Waals surface area contributed by atoms with Crippen LogP contribution in [-0.4, -0.2) is 28.5 Å². The van der Waals surface area contributed by atoms with Gasteiger partial charge in [-0.25, -0.2) is 4.90 Å². The van der Waals surface area contributed by atoms with Crippen molar-refractivity contribution in [1.29, 1.82) is 0 Å². The second-order valence-electron chi connectivity index (χ2n) is 7.29. The van der Waals surface area contributed by atoms with E-state index < -0.39 is 6.17 Å². The number of carbonyl (C=O) groups is 1. The monoisotopic (exact) mass is 437 g/mol. The maximum atomic E-state index is 13.2. The Kier molecular flexibility index (Phi) is 4.90. The average molecular weight is 438 g/mol. The molecule has 31 heavy (non-hydrogen) atoms. The maximum absolute atomic E-state index is 13.2. The molecule has 0 bridgehead atoms. The minimum absolute atomic E-state index is 0.155. The van der Waals surface area contributed by atoms with Gasteiger partial charge in [-0.15, -0.1) is 0 Å². The van der Waals surface area contributed by atoms with E-state index in [2.05, 4.69) is 11.9 Å². The number of rotatable bonds is 4. The Morgan fingerprint density at radius 1 is 1.26 bits per heavy atom. The highest BCUT2D eigenvalue weighted by Gasteiger charge is 2.45. The van der Waals surface area contributed by atoms with Gasteiger partial charge in [0.15, 0.2) is 11.5 Å². The summed E-state index contributed by atoms with van der Waals surface area (Å²) in [5, 5.41) is 5.27. The number of hydrogen-bond donors (Lipinski definition) is 1. The zero-order chi connectivity index (χ0) is 21.5. The van der Waals surface area contributed by atoms with E-state index in [1.165, 1.54) is 18.7 Å². The van der Waals surface area contributed by atoms with Crippen LogP contribution >= 0.6 is 11.8 Å². The van der Waals surface area contributed by atoms with E-state index in [4.69, 9.17) is 14.6 Å². The van der Waals surface area contributed by atoms with Crippen LogP contribution in [0.15, 0.2) is 52.4 Å². The summed E-state index contributed by atoms with van der Waals surface area (Å²) in [6.45, 7) is 3.74. The summed E-state index contributed by atoms with van der Waals surface area (Å²) >= 11 is 1.48. The first-order chi connectivity index (χ1) is 15.1. The number of benzene rings is 2. The van der Waals surface area contributed by atoms with Crippen LogP contribution < -0.4 is 24.6 Å². The summed E-state index contributed by atoms with van der Waals surface area (Å²) in [5.74, 6) is 1.92. The number of ether oxygens (including phenoxy) is 2. The van der Waals surface area contributed by atoms with Crippen molar-refractivity contribution in [2.24, 2.45) is 0 Å². The van der Waals surface area contributed by atoms with E-state index in [1.807, 2.05) is 42.5 Å². The summed E-state index contributed by atoms with van der Waals surface area (Å²) in [4.78, 5) is 30.6. The largest absolute Gasteiger partial charge is 0.454 e. The molecule has 0 saturated heterocycles. The molecule has 0 saturated carbocycles. The number of aromatic amines is 1. The second-order valence-corrected chi connectivity index (χ2v) is 8.38. The molecule has 158 valence electrons. The van der Waals surface area contributed by atoms with Crippen LogP contribution in [0.3, 0.4) is 0 Å². The predicted octanol–water partition coefficient (Wildman–Crippen LogP) is 2.87. The molecule has 0 unspecified atom stereocenters. The number of carbonyl (C=O) groups excluding carboxylic acids is 1. The Balaban J connectivity index is 1.77. The molecule has 2 aromatic carbocycles. The first-order valence-electron chi connectivity index (χ1n) is 10.1. The molecule has 0 aliphatic carbocycles. The summed E-state index contributed by atoms with van der Waals surface area (Å²) in [7, 11) is 0. The van der Waals surface area contributed by atoms with Crippen molar-refractivity contribution in [2.75, 3.05) is 17.4 Å². The first kappa shape index (κ1) is 19.6. The number of hydrogen-bond acceptors (Lipinski definition) is 6. The van der Waals surface area contributed by atoms with Crippen LogP contribution in [0.1, 0.15) is 32.0 Å². The lowest BCUT2D eigenvalue weighted by atomic mass is 10.0. The zero-order valence-electron chi connectivity index (χ0n) is 17.1. The highest BCUT2D eigenvalue weighted by atomic mass is 32.2. The normalized spacial score (nSPS) is 16.1. The van der Waals surface area contributed by atoms with Gasteiger partial charge in [0.25, 0.3) is 6.17 Å². The van der Waals surface area contributed by atoms with E-state index in [1.54, 1.807) is 9.58 Å². The fraction of sp³-hybridized carbons (Fsp3) is 0.273. The number of thioether (sulfide) groups is 1. The third kappa shape index (κ3) is 3.25. The maximum Gasteiger partial charge on any atom is 0.325 e. The van der Waals surface area contributed by atoms with Crippen molar-refractivity contribution in [2.45, 2.75) is 31.6 Å². The van der Waals surface area contributed by atoms with E-state index >= 15 is 0 Å². The van der Waals surface area contributed by atoms with Crippen LogP contribution in [-0.2, 0) is 4.79 Å². The van der Waals surface area contributed by atoms with Gasteiger partial charge < -0.3 is 9.47 Å². The van der Waals surface area contributed by atoms with Crippen LogP contribution in [0.2, 0.25) is 0 Å². The number of nitrogens with zero attached hydrogens (tertiary/aromatic N) is 3. The Bertz CT molecular complexity index is 1240. The van der Waals surface area contributed by atoms with E-state index in [0.717, 1.165) is 17.7 Å². The topological polar surface area (TPSA) is 88.4 Å². The smallest absolute Gasteiger partial charge is 0.325 e. The average Bonchev–Trinajstić information content (AvgIpc) is 3.24. The summed E-state index contributed by atoms with van der Waals surface area (Å²) in [6.07, 6.45) is 0.310. The Labute approximate surface area is 182 Å². The van der Waals surface area contributed by atoms with E-state index in [-0.39, 0.29) is 18.3 Å². The number of H-pyrrole nitrogens is 1. The summed E-state index contributed by atoms with van der Waals surface area (Å²) < 4.78 is 12.6. The Morgan fingerprint density at radius 3 is 2.87 bits per heavy atom. The van der Waals surface area contributed by atoms with Crippen LogP contribution in [0, 0.1) is 0 Å². The number of nitrogens with one attached hydrogen (secondary N) is 1. The van der Waals surface area contributed by atoms with Crippen LogP contribution in [0.4, 0.5) is 5.69 Å². The van der Waals surface area contributed by atoms with Crippen molar-refractivity contribution in [1.82, 2.24) is 10.1 Å². The number of amides is 1. The molecular weight excluding hydrogens is 416 g/mol. The van der Waals surface area contributed by atoms with Gasteiger partial charge in [-0.3, -0.25) is 14.6 Å². The van der Waals surface area contributed by atoms with E-state index in [0.29, 0.717) is 33.6 Å². The molecular formula is C22H21N4O4S+. The van der Waals surface area contributed by atoms with Crippen LogP contribution in [0.25, 0.3) is 11.3 Å². The molecule has 1 N–H and O–H groups in total. The van der Waals surface area contributed by atoms with Crippen molar-refractivity contribution in [3.05, 3.63) is 58.4 Å². The lowest BCUT2D eigenvalue weighted by Gasteiger charge is -2.31. The highest BCUT2D eigenvalue weighted by Crippen LogP contribution is 2.40. The van der Waals surface area contributed by atoms with Gasteiger partial charge in [0.05, 0.1) is 11.3 Å². The van der Waals surface area contributed by atoms with Crippen LogP contribution in [0.5, 0.6) is 11.5 Å². The number of fused-ring (bicyclic) bond motifs is 4.